The minimum atomic E-state index is -2.95. The molecule has 116 valence electrons. The summed E-state index contributed by atoms with van der Waals surface area (Å²) >= 11 is 0. The lowest BCUT2D eigenvalue weighted by Crippen LogP contribution is -2.36. The highest BCUT2D eigenvalue weighted by Crippen LogP contribution is 2.21. The minimum absolute atomic E-state index is 0.0113. The van der Waals surface area contributed by atoms with Gasteiger partial charge in [-0.2, -0.15) is 8.78 Å². The van der Waals surface area contributed by atoms with E-state index in [4.69, 9.17) is 5.11 Å². The number of ether oxygens (including phenoxy) is 1. The van der Waals surface area contributed by atoms with Gasteiger partial charge in [0.05, 0.1) is 6.42 Å². The van der Waals surface area contributed by atoms with Gasteiger partial charge in [0.15, 0.2) is 0 Å². The van der Waals surface area contributed by atoms with Crippen LogP contribution in [0.15, 0.2) is 18.2 Å². The van der Waals surface area contributed by atoms with Gasteiger partial charge in [0.2, 0.25) is 0 Å². The molecule has 0 aliphatic carbocycles. The first-order chi connectivity index (χ1) is 9.88. The van der Waals surface area contributed by atoms with Gasteiger partial charge in [-0.3, -0.25) is 4.79 Å². The number of aliphatic carboxylic acids is 1. The van der Waals surface area contributed by atoms with Gasteiger partial charge >= 0.3 is 18.6 Å². The number of carbonyl (C=O) groups excluding carboxylic acids is 1. The molecule has 0 heterocycles. The topological polar surface area (TPSA) is 87.7 Å². The fraction of sp³-hybridized carbons (Fsp3) is 0.385. The molecule has 0 aliphatic rings. The molecule has 6 nitrogen and oxygen atoms in total. The number of amides is 2. The predicted octanol–water partition coefficient (Wildman–Crippen LogP) is 1.87. The van der Waals surface area contributed by atoms with E-state index in [-0.39, 0.29) is 25.3 Å². The third-order valence-electron chi connectivity index (χ3n) is 2.50. The molecule has 0 fully saturated rings. The molecule has 0 bridgehead atoms. The Bertz CT molecular complexity index is 509. The van der Waals surface area contributed by atoms with Crippen molar-refractivity contribution in [1.82, 2.24) is 10.6 Å². The number of rotatable bonds is 7. The number of carboxylic acid groups (broad SMARTS) is 1. The molecule has 1 aromatic rings. The summed E-state index contributed by atoms with van der Waals surface area (Å²) in [5.74, 6) is -1.04. The van der Waals surface area contributed by atoms with Gasteiger partial charge in [0.25, 0.3) is 0 Å². The quantitative estimate of drug-likeness (QED) is 0.717. The zero-order chi connectivity index (χ0) is 15.8. The molecule has 0 saturated carbocycles. The first-order valence-corrected chi connectivity index (χ1v) is 6.16. The van der Waals surface area contributed by atoms with Crippen LogP contribution >= 0.6 is 0 Å². The van der Waals surface area contributed by atoms with E-state index in [1.165, 1.54) is 6.07 Å². The smallest absolute Gasteiger partial charge is 0.387 e. The molecule has 1 aromatic carbocycles. The third-order valence-corrected chi connectivity index (χ3v) is 2.50. The van der Waals surface area contributed by atoms with Gasteiger partial charge in [0.1, 0.15) is 5.75 Å². The number of urea groups is 1. The van der Waals surface area contributed by atoms with Crippen LogP contribution in [-0.2, 0) is 11.3 Å². The van der Waals surface area contributed by atoms with Crippen LogP contribution in [0.2, 0.25) is 0 Å². The van der Waals surface area contributed by atoms with Crippen molar-refractivity contribution in [2.75, 3.05) is 6.54 Å². The molecule has 3 N–H and O–H groups in total. The standard InChI is InChI=1S/C13H16F2N2O4/c1-8-2-3-10(21-12(14)15)9(6-8)7-17-13(20)16-5-4-11(18)19/h2-3,6,12H,4-5,7H2,1H3,(H,18,19)(H2,16,17,20). The molecule has 0 atom stereocenters. The van der Waals surface area contributed by atoms with Crippen molar-refractivity contribution < 1.29 is 28.2 Å². The minimum Gasteiger partial charge on any atom is -0.481 e. The van der Waals surface area contributed by atoms with E-state index in [1.807, 2.05) is 0 Å². The van der Waals surface area contributed by atoms with Crippen LogP contribution in [0.1, 0.15) is 17.5 Å². The van der Waals surface area contributed by atoms with Crippen molar-refractivity contribution in [3.05, 3.63) is 29.3 Å². The van der Waals surface area contributed by atoms with E-state index in [1.54, 1.807) is 19.1 Å². The van der Waals surface area contributed by atoms with Crippen LogP contribution in [0.25, 0.3) is 0 Å². The Morgan fingerprint density at radius 3 is 2.67 bits per heavy atom. The third kappa shape index (κ3) is 6.55. The van der Waals surface area contributed by atoms with Crippen molar-refractivity contribution in [3.8, 4) is 5.75 Å². The SMILES string of the molecule is Cc1ccc(OC(F)F)c(CNC(=O)NCCC(=O)O)c1. The van der Waals surface area contributed by atoms with E-state index < -0.39 is 18.6 Å². The zero-order valence-electron chi connectivity index (χ0n) is 11.4. The Morgan fingerprint density at radius 2 is 2.05 bits per heavy atom. The van der Waals surface area contributed by atoms with Gasteiger partial charge in [-0.1, -0.05) is 17.7 Å². The summed E-state index contributed by atoms with van der Waals surface area (Å²) < 4.78 is 28.9. The molecule has 21 heavy (non-hydrogen) atoms. The van der Waals surface area contributed by atoms with Gasteiger partial charge in [-0.05, 0) is 13.0 Å². The second kappa shape index (κ2) is 8.03. The van der Waals surface area contributed by atoms with Crippen molar-refractivity contribution in [2.24, 2.45) is 0 Å². The number of alkyl halides is 2. The second-order valence-corrected chi connectivity index (χ2v) is 4.24. The monoisotopic (exact) mass is 302 g/mol. The summed E-state index contributed by atoms with van der Waals surface area (Å²) in [5, 5.41) is 13.2. The van der Waals surface area contributed by atoms with Crippen molar-refractivity contribution in [2.45, 2.75) is 26.5 Å². The highest BCUT2D eigenvalue weighted by Gasteiger charge is 2.11. The maximum Gasteiger partial charge on any atom is 0.387 e. The Kier molecular flexibility index (Phi) is 6.38. The van der Waals surface area contributed by atoms with Gasteiger partial charge in [-0.25, -0.2) is 4.79 Å². The van der Waals surface area contributed by atoms with Crippen molar-refractivity contribution in [1.29, 1.82) is 0 Å². The van der Waals surface area contributed by atoms with E-state index in [9.17, 15) is 18.4 Å². The summed E-state index contributed by atoms with van der Waals surface area (Å²) in [5.41, 5.74) is 1.24. The first kappa shape index (κ1) is 16.7. The molecule has 0 radical (unpaired) electrons. The zero-order valence-corrected chi connectivity index (χ0v) is 11.4. The number of aryl methyl sites for hydroxylation is 1. The number of benzene rings is 1. The highest BCUT2D eigenvalue weighted by atomic mass is 19.3. The number of halogens is 2. The van der Waals surface area contributed by atoms with Crippen LogP contribution in [0.5, 0.6) is 5.75 Å². The van der Waals surface area contributed by atoms with Crippen LogP contribution in [0.4, 0.5) is 13.6 Å². The number of carbonyl (C=O) groups is 2. The maximum absolute atomic E-state index is 12.3. The molecule has 0 saturated heterocycles. The number of hydrogen-bond donors (Lipinski definition) is 3. The lowest BCUT2D eigenvalue weighted by atomic mass is 10.1. The number of nitrogens with one attached hydrogen (secondary N) is 2. The first-order valence-electron chi connectivity index (χ1n) is 6.16. The summed E-state index contributed by atoms with van der Waals surface area (Å²) in [7, 11) is 0. The molecule has 0 aliphatic heterocycles. The van der Waals surface area contributed by atoms with Crippen LogP contribution in [0.3, 0.4) is 0 Å². The average Bonchev–Trinajstić information content (AvgIpc) is 2.38. The molecule has 0 aromatic heterocycles. The Morgan fingerprint density at radius 1 is 1.33 bits per heavy atom. The largest absolute Gasteiger partial charge is 0.481 e. The predicted molar refractivity (Wildman–Crippen MR) is 70.3 cm³/mol. The molecule has 0 spiro atoms. The fourth-order valence-electron chi connectivity index (χ4n) is 1.58. The van der Waals surface area contributed by atoms with E-state index in [0.29, 0.717) is 5.56 Å². The van der Waals surface area contributed by atoms with E-state index in [2.05, 4.69) is 15.4 Å². The summed E-state index contributed by atoms with van der Waals surface area (Å²) in [4.78, 5) is 21.7. The average molecular weight is 302 g/mol. The lowest BCUT2D eigenvalue weighted by molar-refractivity contribution is -0.136. The van der Waals surface area contributed by atoms with E-state index >= 15 is 0 Å². The van der Waals surface area contributed by atoms with Crippen LogP contribution < -0.4 is 15.4 Å². The van der Waals surface area contributed by atoms with E-state index in [0.717, 1.165) is 5.56 Å². The van der Waals surface area contributed by atoms with Crippen molar-refractivity contribution >= 4 is 12.0 Å². The normalized spacial score (nSPS) is 10.3. The highest BCUT2D eigenvalue weighted by molar-refractivity contribution is 5.75. The summed E-state index contributed by atoms with van der Waals surface area (Å²) in [6.07, 6.45) is -0.197. The maximum atomic E-state index is 12.3. The Balaban J connectivity index is 2.55. The molecule has 2 amide bonds. The molecule has 8 heteroatoms. The van der Waals surface area contributed by atoms with Gasteiger partial charge in [-0.15, -0.1) is 0 Å². The Hall–Kier alpha value is -2.38. The molecular formula is C13H16F2N2O4. The summed E-state index contributed by atoms with van der Waals surface area (Å²) in [6.45, 7) is -1.20. The fourth-order valence-corrected chi connectivity index (χ4v) is 1.58. The van der Waals surface area contributed by atoms with Gasteiger partial charge in [0, 0.05) is 18.7 Å². The molecule has 1 rings (SSSR count). The van der Waals surface area contributed by atoms with Crippen LogP contribution in [0, 0.1) is 6.92 Å². The second-order valence-electron chi connectivity index (χ2n) is 4.24. The van der Waals surface area contributed by atoms with Crippen molar-refractivity contribution in [3.63, 3.8) is 0 Å². The lowest BCUT2D eigenvalue weighted by Gasteiger charge is -2.12. The number of carboxylic acids is 1. The van der Waals surface area contributed by atoms with Crippen LogP contribution in [-0.4, -0.2) is 30.3 Å². The van der Waals surface area contributed by atoms with Gasteiger partial charge < -0.3 is 20.5 Å². The molecular weight excluding hydrogens is 286 g/mol. The Labute approximate surface area is 120 Å². The molecule has 0 unspecified atom stereocenters. The number of hydrogen-bond acceptors (Lipinski definition) is 3. The summed E-state index contributed by atoms with van der Waals surface area (Å²) in [6, 6.07) is 4.06.